The van der Waals surface area contributed by atoms with Gasteiger partial charge in [-0.3, -0.25) is 0 Å². The largest absolute Gasteiger partial charge is 0.406 e. The van der Waals surface area contributed by atoms with Crippen LogP contribution in [-0.2, 0) is 0 Å². The van der Waals surface area contributed by atoms with Crippen molar-refractivity contribution in [3.63, 3.8) is 0 Å². The molecule has 0 heterocycles. The van der Waals surface area contributed by atoms with E-state index in [-0.39, 0.29) is 12.3 Å². The molecule has 0 saturated carbocycles. The summed E-state index contributed by atoms with van der Waals surface area (Å²) in [4.78, 5) is 0. The van der Waals surface area contributed by atoms with Crippen LogP contribution in [0.2, 0.25) is 0 Å². The summed E-state index contributed by atoms with van der Waals surface area (Å²) in [5.74, 6) is -0.234. The smallest absolute Gasteiger partial charge is 0.170 e. The van der Waals surface area contributed by atoms with Crippen LogP contribution in [-0.4, -0.2) is 12.4 Å². The summed E-state index contributed by atoms with van der Waals surface area (Å²) in [6, 6.07) is 0. The van der Waals surface area contributed by atoms with Crippen molar-refractivity contribution in [1.29, 1.82) is 0 Å². The summed E-state index contributed by atoms with van der Waals surface area (Å²) in [6.07, 6.45) is -10.6. The number of halogens is 6. The molecular weight excluding hydrogens is 282 g/mol. The molecule has 0 atom stereocenters. The summed E-state index contributed by atoms with van der Waals surface area (Å²) in [5.41, 5.74) is -4.52. The van der Waals surface area contributed by atoms with Gasteiger partial charge in [-0.25, -0.2) is 0 Å². The zero-order valence-corrected chi connectivity index (χ0v) is 12.4. The Morgan fingerprint density at radius 1 is 0.800 bits per heavy atom. The number of hydrogen-bond acceptors (Lipinski definition) is 0. The molecular formula is C14H22F6. The molecule has 0 nitrogen and oxygen atoms in total. The molecule has 120 valence electrons. The second kappa shape index (κ2) is 5.98. The van der Waals surface area contributed by atoms with Gasteiger partial charge in [0, 0.05) is 0 Å². The molecule has 6 heteroatoms. The van der Waals surface area contributed by atoms with Crippen LogP contribution in [0.4, 0.5) is 26.3 Å². The van der Waals surface area contributed by atoms with Crippen molar-refractivity contribution in [1.82, 2.24) is 0 Å². The van der Waals surface area contributed by atoms with Gasteiger partial charge in [-0.2, -0.15) is 26.3 Å². The lowest BCUT2D eigenvalue weighted by molar-refractivity contribution is -0.324. The van der Waals surface area contributed by atoms with Gasteiger partial charge in [0.2, 0.25) is 0 Å². The van der Waals surface area contributed by atoms with Crippen LogP contribution in [0.25, 0.3) is 0 Å². The number of hydrogen-bond donors (Lipinski definition) is 0. The zero-order chi connectivity index (χ0) is 16.4. The van der Waals surface area contributed by atoms with Crippen LogP contribution < -0.4 is 0 Å². The lowest BCUT2D eigenvalue weighted by atomic mass is 9.77. The van der Waals surface area contributed by atoms with Crippen molar-refractivity contribution in [2.75, 3.05) is 0 Å². The third kappa shape index (κ3) is 5.02. The van der Waals surface area contributed by atoms with Crippen LogP contribution in [0.3, 0.4) is 0 Å². The molecule has 0 radical (unpaired) electrons. The van der Waals surface area contributed by atoms with E-state index in [0.29, 0.717) is 6.08 Å². The van der Waals surface area contributed by atoms with Gasteiger partial charge in [-0.1, -0.05) is 46.8 Å². The number of alkyl halides is 6. The van der Waals surface area contributed by atoms with Gasteiger partial charge in [-0.15, -0.1) is 0 Å². The Hall–Kier alpha value is -0.680. The van der Waals surface area contributed by atoms with Crippen molar-refractivity contribution in [2.24, 2.45) is 16.7 Å². The van der Waals surface area contributed by atoms with Gasteiger partial charge in [0.1, 0.15) is 0 Å². The molecule has 0 aliphatic carbocycles. The Labute approximate surface area is 116 Å². The Morgan fingerprint density at radius 3 is 1.45 bits per heavy atom. The third-order valence-corrected chi connectivity index (χ3v) is 3.00. The zero-order valence-electron chi connectivity index (χ0n) is 12.4. The molecule has 0 spiro atoms. The minimum absolute atomic E-state index is 0.145. The first-order valence-corrected chi connectivity index (χ1v) is 6.46. The fraction of sp³-hybridized carbons (Fsp3) is 0.857. The minimum Gasteiger partial charge on any atom is -0.170 e. The van der Waals surface area contributed by atoms with Crippen molar-refractivity contribution >= 4 is 0 Å². The van der Waals surface area contributed by atoms with Crippen molar-refractivity contribution in [3.05, 3.63) is 12.2 Å². The predicted molar refractivity (Wildman–Crippen MR) is 67.2 cm³/mol. The molecule has 0 saturated heterocycles. The topological polar surface area (TPSA) is 0 Å². The molecule has 0 rings (SSSR count). The highest BCUT2D eigenvalue weighted by molar-refractivity contribution is 5.11. The van der Waals surface area contributed by atoms with Crippen molar-refractivity contribution in [2.45, 2.75) is 59.8 Å². The summed E-state index contributed by atoms with van der Waals surface area (Å²) >= 11 is 0. The van der Waals surface area contributed by atoms with E-state index in [1.165, 1.54) is 0 Å². The first kappa shape index (κ1) is 19.3. The quantitative estimate of drug-likeness (QED) is 0.432. The van der Waals surface area contributed by atoms with E-state index in [4.69, 9.17) is 0 Å². The molecule has 0 aliphatic rings. The number of rotatable bonds is 4. The molecule has 0 amide bonds. The highest BCUT2D eigenvalue weighted by atomic mass is 19.4. The fourth-order valence-electron chi connectivity index (χ4n) is 1.63. The minimum atomic E-state index is -5.36. The average molecular weight is 304 g/mol. The molecule has 0 aromatic heterocycles. The van der Waals surface area contributed by atoms with Crippen LogP contribution in [0.1, 0.15) is 47.5 Å². The van der Waals surface area contributed by atoms with Crippen LogP contribution in [0.5, 0.6) is 0 Å². The first-order chi connectivity index (χ1) is 8.62. The molecule has 20 heavy (non-hydrogen) atoms. The molecule has 0 fully saturated rings. The van der Waals surface area contributed by atoms with E-state index >= 15 is 0 Å². The first-order valence-electron chi connectivity index (χ1n) is 6.46. The average Bonchev–Trinajstić information content (AvgIpc) is 2.10. The third-order valence-electron chi connectivity index (χ3n) is 3.00. The van der Waals surface area contributed by atoms with E-state index in [2.05, 4.69) is 0 Å². The Morgan fingerprint density at radius 2 is 1.20 bits per heavy atom. The normalized spacial score (nSPS) is 15.4. The van der Waals surface area contributed by atoms with E-state index in [0.717, 1.165) is 6.08 Å². The van der Waals surface area contributed by atoms with Gasteiger partial charge in [0.25, 0.3) is 0 Å². The van der Waals surface area contributed by atoms with Crippen LogP contribution in [0.15, 0.2) is 12.2 Å². The molecule has 0 N–H and O–H groups in total. The number of allylic oxidation sites excluding steroid dienone is 2. The molecule has 0 aromatic carbocycles. The standard InChI is InChI=1S/C14H22F6/c1-10(2)6-7-12(13(15,16)17,14(18,19)20)9-8-11(3,4)5/h8-10H,6-7H2,1-5H3/b9-8+. The SMILES string of the molecule is CC(C)CCC(/C=C/C(C)(C)C)(C(F)(F)F)C(F)(F)F. The van der Waals surface area contributed by atoms with Gasteiger partial charge in [0.15, 0.2) is 5.41 Å². The van der Waals surface area contributed by atoms with Crippen molar-refractivity contribution < 1.29 is 26.3 Å². The monoisotopic (exact) mass is 304 g/mol. The van der Waals surface area contributed by atoms with Crippen LogP contribution in [0, 0.1) is 16.7 Å². The van der Waals surface area contributed by atoms with Gasteiger partial charge in [-0.05, 0) is 24.2 Å². The maximum Gasteiger partial charge on any atom is 0.406 e. The van der Waals surface area contributed by atoms with E-state index < -0.39 is 29.6 Å². The molecule has 0 bridgehead atoms. The van der Waals surface area contributed by atoms with Crippen LogP contribution >= 0.6 is 0 Å². The maximum atomic E-state index is 13.1. The van der Waals surface area contributed by atoms with E-state index in [1.54, 1.807) is 34.6 Å². The van der Waals surface area contributed by atoms with E-state index in [9.17, 15) is 26.3 Å². The van der Waals surface area contributed by atoms with E-state index in [1.807, 2.05) is 0 Å². The van der Waals surface area contributed by atoms with Gasteiger partial charge < -0.3 is 0 Å². The Kier molecular flexibility index (Phi) is 5.77. The predicted octanol–water partition coefficient (Wildman–Crippen LogP) is 6.14. The summed E-state index contributed by atoms with van der Waals surface area (Å²) < 4.78 is 78.8. The lowest BCUT2D eigenvalue weighted by Crippen LogP contribution is -2.49. The molecule has 0 unspecified atom stereocenters. The van der Waals surface area contributed by atoms with Gasteiger partial charge >= 0.3 is 12.4 Å². The van der Waals surface area contributed by atoms with Gasteiger partial charge in [0.05, 0.1) is 0 Å². The Bertz CT molecular complexity index is 313. The molecule has 0 aliphatic heterocycles. The Balaban J connectivity index is 5.77. The summed E-state index contributed by atoms with van der Waals surface area (Å²) in [5, 5.41) is 0. The maximum absolute atomic E-state index is 13.1. The highest BCUT2D eigenvalue weighted by Gasteiger charge is 2.68. The second-order valence-electron chi connectivity index (χ2n) is 6.60. The fourth-order valence-corrected chi connectivity index (χ4v) is 1.63. The lowest BCUT2D eigenvalue weighted by Gasteiger charge is -2.36. The van der Waals surface area contributed by atoms with Crippen molar-refractivity contribution in [3.8, 4) is 0 Å². The second-order valence-corrected chi connectivity index (χ2v) is 6.60. The summed E-state index contributed by atoms with van der Waals surface area (Å²) in [6.45, 7) is 7.88. The molecule has 0 aromatic rings. The summed E-state index contributed by atoms with van der Waals surface area (Å²) in [7, 11) is 0. The highest BCUT2D eigenvalue weighted by Crippen LogP contribution is 2.55.